The lowest BCUT2D eigenvalue weighted by Crippen LogP contribution is -2.51. The first kappa shape index (κ1) is 31.1. The molecule has 1 aliphatic rings. The third kappa shape index (κ3) is 8.44. The molecule has 1 aromatic heterocycles. The van der Waals surface area contributed by atoms with E-state index in [9.17, 15) is 36.6 Å². The number of pyridine rings is 1. The van der Waals surface area contributed by atoms with E-state index in [4.69, 9.17) is 18.6 Å². The van der Waals surface area contributed by atoms with Gasteiger partial charge in [-0.25, -0.2) is 0 Å². The molecule has 0 spiro atoms. The highest BCUT2D eigenvalue weighted by molar-refractivity contribution is 8.03. The molecule has 1 aliphatic heterocycles. The second-order valence-corrected chi connectivity index (χ2v) is 11.7. The number of phenolic OH excluding ortho intramolecular Hbond substituents is 1. The highest BCUT2D eigenvalue weighted by atomic mass is 32.3. The number of carbonyl (C=O) groups is 2. The molecular formula is C22H28N2O12S2. The molecule has 1 fully saturated rings. The number of amides is 1. The van der Waals surface area contributed by atoms with Gasteiger partial charge in [0, 0.05) is 25.8 Å². The number of phenols is 1. The van der Waals surface area contributed by atoms with Gasteiger partial charge in [0.05, 0.1) is 36.1 Å². The van der Waals surface area contributed by atoms with Crippen LogP contribution in [0.5, 0.6) is 11.5 Å². The molecule has 16 heteroatoms. The Labute approximate surface area is 219 Å². The molecule has 3 rings (SSSR count). The van der Waals surface area contributed by atoms with Crippen molar-refractivity contribution in [2.24, 2.45) is 0 Å². The average Bonchev–Trinajstić information content (AvgIpc) is 2.86. The predicted octanol–water partition coefficient (Wildman–Crippen LogP) is 0.163. The molecule has 0 saturated carbocycles. The van der Waals surface area contributed by atoms with Crippen LogP contribution < -0.4 is 4.74 Å². The predicted molar refractivity (Wildman–Crippen MR) is 132 cm³/mol. The number of morpholine rings is 1. The maximum atomic E-state index is 13.1. The molecule has 14 nitrogen and oxygen atoms in total. The van der Waals surface area contributed by atoms with Crippen molar-refractivity contribution in [3.63, 3.8) is 0 Å². The summed E-state index contributed by atoms with van der Waals surface area (Å²) in [5.74, 6) is -0.125. The molecule has 4 N–H and O–H groups in total. The molecule has 1 saturated heterocycles. The van der Waals surface area contributed by atoms with Crippen LogP contribution in [-0.2, 0) is 31.4 Å². The summed E-state index contributed by atoms with van der Waals surface area (Å²) < 4.78 is 65.1. The van der Waals surface area contributed by atoms with E-state index >= 15 is 0 Å². The Bertz CT molecular complexity index is 1300. The van der Waals surface area contributed by atoms with Crippen molar-refractivity contribution in [3.05, 3.63) is 53.3 Å². The molecule has 2 aromatic rings. The normalized spacial score (nSPS) is 15.9. The zero-order valence-corrected chi connectivity index (χ0v) is 21.8. The van der Waals surface area contributed by atoms with Gasteiger partial charge in [0.1, 0.15) is 18.1 Å². The fourth-order valence-electron chi connectivity index (χ4n) is 3.27. The van der Waals surface area contributed by atoms with Crippen LogP contribution in [0.15, 0.2) is 36.5 Å². The number of nitrogens with zero attached hydrogens (tertiary/aromatic N) is 2. The molecule has 1 amide bonds. The number of aromatic nitrogens is 1. The van der Waals surface area contributed by atoms with E-state index in [-0.39, 0.29) is 48.8 Å². The summed E-state index contributed by atoms with van der Waals surface area (Å²) in [4.78, 5) is 30.1. The minimum Gasteiger partial charge on any atom is -0.507 e. The van der Waals surface area contributed by atoms with Gasteiger partial charge in [-0.15, -0.1) is 0 Å². The second kappa shape index (κ2) is 13.6. The third-order valence-electron chi connectivity index (χ3n) is 5.39. The van der Waals surface area contributed by atoms with Gasteiger partial charge in [-0.3, -0.25) is 23.7 Å². The number of carbonyl (C=O) groups excluding carboxylic acids is 2. The standard InChI is InChI=1S/C20H22N2O6.C2H6O6S2/c23-9-6-17-15(3-2-7-21-17)20(26)22-8-10-27-12-14(22)13-28-19-5-1-4-18(25)16(19)11-24;1-2(9(3,4)5)10(6,7)8/h1-5,7,11,14,23,25H,6,8-10,12-13H2;2H,1H3,(H,3,4,5)(H,6,7,8). The number of rotatable bonds is 9. The first-order valence-corrected chi connectivity index (χ1v) is 14.1. The maximum Gasteiger partial charge on any atom is 0.284 e. The SMILES string of the molecule is CC(S(=O)(=O)O)S(=O)(=O)O.O=Cc1c(O)cccc1OCC1COCCN1C(=O)c1cccnc1CCO. The molecule has 2 heterocycles. The zero-order chi connectivity index (χ0) is 28.5. The summed E-state index contributed by atoms with van der Waals surface area (Å²) in [5, 5.41) is 19.0. The topological polar surface area (TPSA) is 218 Å². The molecule has 0 radical (unpaired) electrons. The van der Waals surface area contributed by atoms with Gasteiger partial charge in [-0.2, -0.15) is 16.8 Å². The summed E-state index contributed by atoms with van der Waals surface area (Å²) in [7, 11) is -9.40. The number of aldehydes is 1. The quantitative estimate of drug-likeness (QED) is 0.231. The Morgan fingerprint density at radius 1 is 1.21 bits per heavy atom. The lowest BCUT2D eigenvalue weighted by atomic mass is 10.1. The van der Waals surface area contributed by atoms with Crippen molar-refractivity contribution in [2.75, 3.05) is 33.0 Å². The van der Waals surface area contributed by atoms with Crippen LogP contribution in [0.1, 0.15) is 33.3 Å². The largest absolute Gasteiger partial charge is 0.507 e. The molecular weight excluding hydrogens is 548 g/mol. The summed E-state index contributed by atoms with van der Waals surface area (Å²) in [5.41, 5.74) is 1.04. The zero-order valence-electron chi connectivity index (χ0n) is 20.2. The van der Waals surface area contributed by atoms with Gasteiger partial charge in [0.15, 0.2) is 6.29 Å². The Morgan fingerprint density at radius 2 is 1.89 bits per heavy atom. The van der Waals surface area contributed by atoms with Crippen LogP contribution >= 0.6 is 0 Å². The maximum absolute atomic E-state index is 13.1. The molecule has 1 aromatic carbocycles. The highest BCUT2D eigenvalue weighted by Crippen LogP contribution is 2.26. The summed E-state index contributed by atoms with van der Waals surface area (Å²) in [6, 6.07) is 7.57. The highest BCUT2D eigenvalue weighted by Gasteiger charge is 2.31. The summed E-state index contributed by atoms with van der Waals surface area (Å²) in [6.07, 6.45) is 2.41. The second-order valence-electron chi connectivity index (χ2n) is 7.91. The smallest absolute Gasteiger partial charge is 0.284 e. The van der Waals surface area contributed by atoms with Crippen molar-refractivity contribution >= 4 is 32.4 Å². The number of aliphatic hydroxyl groups excluding tert-OH is 1. The van der Waals surface area contributed by atoms with Crippen LogP contribution in [0, 0.1) is 0 Å². The first-order chi connectivity index (χ1) is 17.8. The number of aliphatic hydroxyl groups is 1. The summed E-state index contributed by atoms with van der Waals surface area (Å²) in [6.45, 7) is 1.75. The lowest BCUT2D eigenvalue weighted by molar-refractivity contribution is -0.0152. The van der Waals surface area contributed by atoms with E-state index in [1.54, 1.807) is 35.4 Å². The Hall–Kier alpha value is -3.15. The van der Waals surface area contributed by atoms with Crippen LogP contribution in [-0.4, -0.2) is 102 Å². The van der Waals surface area contributed by atoms with E-state index in [0.717, 1.165) is 0 Å². The molecule has 0 aliphatic carbocycles. The number of hydrogen-bond donors (Lipinski definition) is 4. The van der Waals surface area contributed by atoms with Crippen LogP contribution in [0.2, 0.25) is 0 Å². The Kier molecular flexibility index (Phi) is 11.1. The number of benzene rings is 1. The van der Waals surface area contributed by atoms with E-state index in [2.05, 4.69) is 4.98 Å². The molecule has 1 unspecified atom stereocenters. The Morgan fingerprint density at radius 3 is 2.47 bits per heavy atom. The monoisotopic (exact) mass is 576 g/mol. The van der Waals surface area contributed by atoms with Crippen molar-refractivity contribution in [2.45, 2.75) is 24.0 Å². The fraction of sp³-hybridized carbons (Fsp3) is 0.409. The van der Waals surface area contributed by atoms with Crippen LogP contribution in [0.25, 0.3) is 0 Å². The van der Waals surface area contributed by atoms with Gasteiger partial charge in [-0.1, -0.05) is 6.07 Å². The lowest BCUT2D eigenvalue weighted by Gasteiger charge is -2.35. The molecule has 0 bridgehead atoms. The van der Waals surface area contributed by atoms with Crippen molar-refractivity contribution in [1.82, 2.24) is 9.88 Å². The van der Waals surface area contributed by atoms with Gasteiger partial charge < -0.3 is 24.6 Å². The fourth-order valence-corrected chi connectivity index (χ4v) is 4.50. The van der Waals surface area contributed by atoms with Crippen LogP contribution in [0.3, 0.4) is 0 Å². The van der Waals surface area contributed by atoms with E-state index in [1.165, 1.54) is 6.07 Å². The minimum absolute atomic E-state index is 0.0644. The first-order valence-electron chi connectivity index (χ1n) is 11.1. The van der Waals surface area contributed by atoms with E-state index in [1.807, 2.05) is 0 Å². The van der Waals surface area contributed by atoms with Crippen LogP contribution in [0.4, 0.5) is 0 Å². The van der Waals surface area contributed by atoms with Gasteiger partial charge in [-0.05, 0) is 31.2 Å². The van der Waals surface area contributed by atoms with Gasteiger partial charge >= 0.3 is 0 Å². The third-order valence-corrected chi connectivity index (χ3v) is 8.53. The van der Waals surface area contributed by atoms with Crippen molar-refractivity contribution < 1.29 is 55.2 Å². The van der Waals surface area contributed by atoms with E-state index < -0.39 is 24.8 Å². The minimum atomic E-state index is -4.70. The van der Waals surface area contributed by atoms with Gasteiger partial charge in [0.25, 0.3) is 26.1 Å². The van der Waals surface area contributed by atoms with Crippen molar-refractivity contribution in [1.29, 1.82) is 0 Å². The average molecular weight is 577 g/mol. The van der Waals surface area contributed by atoms with Crippen molar-refractivity contribution in [3.8, 4) is 11.5 Å². The number of aromatic hydroxyl groups is 1. The number of hydrogen-bond acceptors (Lipinski definition) is 11. The molecule has 210 valence electrons. The number of ether oxygens (including phenoxy) is 2. The molecule has 1 atom stereocenters. The Balaban J connectivity index is 0.000000432. The molecule has 38 heavy (non-hydrogen) atoms. The van der Waals surface area contributed by atoms with Gasteiger partial charge in [0.2, 0.25) is 4.58 Å². The summed E-state index contributed by atoms with van der Waals surface area (Å²) >= 11 is 0. The van der Waals surface area contributed by atoms with E-state index in [0.29, 0.717) is 44.0 Å².